The summed E-state index contributed by atoms with van der Waals surface area (Å²) in [5, 5.41) is 5.28. The summed E-state index contributed by atoms with van der Waals surface area (Å²) in [5.41, 5.74) is 7.77. The van der Waals surface area contributed by atoms with Crippen LogP contribution in [0.25, 0.3) is 22.4 Å². The molecule has 0 bridgehead atoms. The number of hydrogen-bond acceptors (Lipinski definition) is 4. The average Bonchev–Trinajstić information content (AvgIpc) is 3.31. The molecule has 5 nitrogen and oxygen atoms in total. The molecular formula is C21H18ClF3N4O. The summed E-state index contributed by atoms with van der Waals surface area (Å²) >= 11 is 6.37. The van der Waals surface area contributed by atoms with Crippen LogP contribution in [0.2, 0.25) is 5.02 Å². The highest BCUT2D eigenvalue weighted by Crippen LogP contribution is 2.33. The van der Waals surface area contributed by atoms with Gasteiger partial charge in [0.15, 0.2) is 5.82 Å². The highest BCUT2D eigenvalue weighted by Gasteiger charge is 2.31. The highest BCUT2D eigenvalue weighted by atomic mass is 35.5. The number of nitrogen functional groups attached to an aromatic ring is 1. The molecular weight excluding hydrogens is 417 g/mol. The normalized spacial score (nSPS) is 12.0. The van der Waals surface area contributed by atoms with Crippen molar-refractivity contribution >= 4 is 28.2 Å². The topological polar surface area (TPSA) is 69.9 Å². The molecule has 30 heavy (non-hydrogen) atoms. The standard InChI is InChI=1S/C21H18ClF3N4O/c1-2-4-14-10-15-17(8-7-16(26)19(15)22)29(14)11-18-27-20(30-28-18)12-5-3-6-13(9-12)21(23,24)25/h3,5-10H,2,4,11,26H2,1H3. The number of nitrogens with zero attached hydrogens (tertiary/aromatic N) is 3. The second-order valence-corrected chi connectivity index (χ2v) is 7.35. The van der Waals surface area contributed by atoms with Crippen molar-refractivity contribution in [2.75, 3.05) is 5.73 Å². The molecule has 0 atom stereocenters. The van der Waals surface area contributed by atoms with Crippen LogP contribution in [-0.4, -0.2) is 14.7 Å². The van der Waals surface area contributed by atoms with Gasteiger partial charge >= 0.3 is 6.18 Å². The summed E-state index contributed by atoms with van der Waals surface area (Å²) in [6.07, 6.45) is -2.71. The van der Waals surface area contributed by atoms with Gasteiger partial charge in [-0.25, -0.2) is 0 Å². The van der Waals surface area contributed by atoms with Gasteiger partial charge < -0.3 is 14.8 Å². The van der Waals surface area contributed by atoms with E-state index in [-0.39, 0.29) is 11.5 Å². The molecule has 0 aliphatic rings. The maximum absolute atomic E-state index is 13.0. The predicted octanol–water partition coefficient (Wildman–Crippen LogP) is 5.95. The third-order valence-corrected chi connectivity index (χ3v) is 5.27. The van der Waals surface area contributed by atoms with Crippen molar-refractivity contribution in [2.24, 2.45) is 0 Å². The van der Waals surface area contributed by atoms with Gasteiger partial charge in [-0.1, -0.05) is 36.2 Å². The van der Waals surface area contributed by atoms with Crippen LogP contribution in [0.5, 0.6) is 0 Å². The molecule has 4 rings (SSSR count). The third-order valence-electron chi connectivity index (χ3n) is 4.85. The number of aryl methyl sites for hydroxylation is 1. The molecule has 0 radical (unpaired) electrons. The van der Waals surface area contributed by atoms with Crippen LogP contribution in [0.1, 0.15) is 30.4 Å². The first-order valence-electron chi connectivity index (χ1n) is 9.34. The molecule has 0 aliphatic carbocycles. The monoisotopic (exact) mass is 434 g/mol. The minimum Gasteiger partial charge on any atom is -0.398 e. The van der Waals surface area contributed by atoms with Crippen LogP contribution in [-0.2, 0) is 19.1 Å². The molecule has 156 valence electrons. The van der Waals surface area contributed by atoms with Gasteiger partial charge in [0.25, 0.3) is 5.89 Å². The maximum Gasteiger partial charge on any atom is 0.416 e. The average molecular weight is 435 g/mol. The van der Waals surface area contributed by atoms with Gasteiger partial charge in [0, 0.05) is 16.6 Å². The lowest BCUT2D eigenvalue weighted by atomic mass is 10.1. The Kier molecular flexibility index (Phi) is 5.19. The number of benzene rings is 2. The Morgan fingerprint density at radius 2 is 1.97 bits per heavy atom. The molecule has 0 amide bonds. The Bertz CT molecular complexity index is 1210. The maximum atomic E-state index is 13.0. The van der Waals surface area contributed by atoms with Gasteiger partial charge in [0.1, 0.15) is 0 Å². The fourth-order valence-electron chi connectivity index (χ4n) is 3.43. The number of alkyl halides is 3. The Morgan fingerprint density at radius 3 is 2.70 bits per heavy atom. The summed E-state index contributed by atoms with van der Waals surface area (Å²) in [6, 6.07) is 10.4. The van der Waals surface area contributed by atoms with Gasteiger partial charge in [0.05, 0.1) is 28.3 Å². The number of aromatic nitrogens is 3. The first-order chi connectivity index (χ1) is 14.3. The fraction of sp³-hybridized carbons (Fsp3) is 0.238. The van der Waals surface area contributed by atoms with Gasteiger partial charge in [0.2, 0.25) is 0 Å². The molecule has 0 saturated carbocycles. The molecule has 2 heterocycles. The Hall–Kier alpha value is -3.00. The smallest absolute Gasteiger partial charge is 0.398 e. The third kappa shape index (κ3) is 3.75. The number of anilines is 1. The van der Waals surface area contributed by atoms with Crippen molar-refractivity contribution in [3.63, 3.8) is 0 Å². The minimum atomic E-state index is -4.45. The summed E-state index contributed by atoms with van der Waals surface area (Å²) in [4.78, 5) is 4.30. The van der Waals surface area contributed by atoms with Crippen LogP contribution >= 0.6 is 11.6 Å². The molecule has 0 aliphatic heterocycles. The van der Waals surface area contributed by atoms with E-state index in [1.165, 1.54) is 12.1 Å². The van der Waals surface area contributed by atoms with Crippen molar-refractivity contribution in [3.05, 3.63) is 64.6 Å². The van der Waals surface area contributed by atoms with E-state index in [0.717, 1.165) is 41.6 Å². The second-order valence-electron chi connectivity index (χ2n) is 6.97. The number of hydrogen-bond donors (Lipinski definition) is 1. The predicted molar refractivity (Wildman–Crippen MR) is 109 cm³/mol. The van der Waals surface area contributed by atoms with Crippen LogP contribution in [0.15, 0.2) is 47.0 Å². The SMILES string of the molecule is CCCc1cc2c(Cl)c(N)ccc2n1Cc1noc(-c2cccc(C(F)(F)F)c2)n1. The first-order valence-corrected chi connectivity index (χ1v) is 9.72. The molecule has 2 aromatic carbocycles. The largest absolute Gasteiger partial charge is 0.416 e. The Morgan fingerprint density at radius 1 is 1.17 bits per heavy atom. The van der Waals surface area contributed by atoms with Gasteiger partial charge in [-0.3, -0.25) is 0 Å². The summed E-state index contributed by atoms with van der Waals surface area (Å²) in [7, 11) is 0. The van der Waals surface area contributed by atoms with Crippen LogP contribution in [0.4, 0.5) is 18.9 Å². The molecule has 2 N–H and O–H groups in total. The molecule has 9 heteroatoms. The van der Waals surface area contributed by atoms with Gasteiger partial charge in [-0.2, -0.15) is 18.2 Å². The number of halogens is 4. The van der Waals surface area contributed by atoms with E-state index < -0.39 is 11.7 Å². The zero-order valence-electron chi connectivity index (χ0n) is 16.0. The van der Waals surface area contributed by atoms with Crippen molar-refractivity contribution in [3.8, 4) is 11.5 Å². The lowest BCUT2D eigenvalue weighted by Gasteiger charge is -2.08. The second kappa shape index (κ2) is 7.68. The van der Waals surface area contributed by atoms with E-state index in [0.29, 0.717) is 23.1 Å². The van der Waals surface area contributed by atoms with Crippen molar-refractivity contribution in [2.45, 2.75) is 32.5 Å². The fourth-order valence-corrected chi connectivity index (χ4v) is 3.64. The van der Waals surface area contributed by atoms with Crippen LogP contribution in [0.3, 0.4) is 0 Å². The highest BCUT2D eigenvalue weighted by molar-refractivity contribution is 6.38. The van der Waals surface area contributed by atoms with Gasteiger partial charge in [-0.15, -0.1) is 0 Å². The van der Waals surface area contributed by atoms with Crippen molar-refractivity contribution in [1.82, 2.24) is 14.7 Å². The lowest BCUT2D eigenvalue weighted by Crippen LogP contribution is -2.06. The molecule has 0 saturated heterocycles. The van der Waals surface area contributed by atoms with E-state index in [1.54, 1.807) is 6.07 Å². The zero-order chi connectivity index (χ0) is 21.5. The van der Waals surface area contributed by atoms with Crippen molar-refractivity contribution < 1.29 is 17.7 Å². The number of fused-ring (bicyclic) bond motifs is 1. The molecule has 0 unspecified atom stereocenters. The van der Waals surface area contributed by atoms with Crippen molar-refractivity contribution in [1.29, 1.82) is 0 Å². The van der Waals surface area contributed by atoms with E-state index in [4.69, 9.17) is 21.9 Å². The quantitative estimate of drug-likeness (QED) is 0.394. The van der Waals surface area contributed by atoms with E-state index in [1.807, 2.05) is 16.7 Å². The zero-order valence-corrected chi connectivity index (χ0v) is 16.8. The summed E-state index contributed by atoms with van der Waals surface area (Å²) < 4.78 is 46.2. The summed E-state index contributed by atoms with van der Waals surface area (Å²) in [6.45, 7) is 2.36. The molecule has 0 spiro atoms. The molecule has 0 fully saturated rings. The lowest BCUT2D eigenvalue weighted by molar-refractivity contribution is -0.137. The summed E-state index contributed by atoms with van der Waals surface area (Å²) in [5.74, 6) is 0.386. The number of nitrogens with two attached hydrogens (primary N) is 1. The van der Waals surface area contributed by atoms with Crippen LogP contribution in [0, 0.1) is 0 Å². The first kappa shape index (κ1) is 20.3. The van der Waals surface area contributed by atoms with Gasteiger partial charge in [-0.05, 0) is 42.8 Å². The van der Waals surface area contributed by atoms with E-state index in [9.17, 15) is 13.2 Å². The minimum absolute atomic E-state index is 0.0341. The van der Waals surface area contributed by atoms with E-state index >= 15 is 0 Å². The Balaban J connectivity index is 1.70. The van der Waals surface area contributed by atoms with E-state index in [2.05, 4.69) is 17.1 Å². The van der Waals surface area contributed by atoms with Crippen LogP contribution < -0.4 is 5.73 Å². The molecule has 2 aromatic heterocycles. The Labute approximate surface area is 175 Å². The molecule has 4 aromatic rings. The number of rotatable bonds is 5.